The maximum atomic E-state index is 4.66. The van der Waals surface area contributed by atoms with Crippen LogP contribution in [0.2, 0.25) is 0 Å². The number of anilines is 3. The highest BCUT2D eigenvalue weighted by Crippen LogP contribution is 2.25. The quantitative estimate of drug-likeness (QED) is 0.904. The fraction of sp³-hybridized carbons (Fsp3) is 0.474. The molecule has 1 N–H and O–H groups in total. The van der Waals surface area contributed by atoms with Crippen molar-refractivity contribution in [3.8, 4) is 0 Å². The molecule has 2 aromatic rings. The Morgan fingerprint density at radius 3 is 2.43 bits per heavy atom. The van der Waals surface area contributed by atoms with Crippen LogP contribution < -0.4 is 10.2 Å². The maximum absolute atomic E-state index is 4.66. The zero-order chi connectivity index (χ0) is 16.2. The summed E-state index contributed by atoms with van der Waals surface area (Å²) in [7, 11) is 0. The molecular formula is C19H26N4. The Labute approximate surface area is 139 Å². The number of aromatic nitrogens is 2. The molecule has 0 aliphatic carbocycles. The molecule has 1 aromatic heterocycles. The Bertz CT molecular complexity index is 673. The standard InChI is InChI=1S/C19H26N4/c1-14-9-8-10-17(15(14)2)22-18-13-19(21-16(3)20-18)23-11-6-4-5-7-12-23/h8-10,13H,4-7,11-12H2,1-3H3,(H,20,21,22). The van der Waals surface area contributed by atoms with Gasteiger partial charge in [-0.2, -0.15) is 0 Å². The summed E-state index contributed by atoms with van der Waals surface area (Å²) in [6, 6.07) is 8.40. The Hall–Kier alpha value is -2.10. The first-order valence-electron chi connectivity index (χ1n) is 8.57. The first-order valence-corrected chi connectivity index (χ1v) is 8.57. The zero-order valence-electron chi connectivity index (χ0n) is 14.4. The van der Waals surface area contributed by atoms with Gasteiger partial charge in [-0.3, -0.25) is 0 Å². The minimum atomic E-state index is 0.819. The molecule has 23 heavy (non-hydrogen) atoms. The highest BCUT2D eigenvalue weighted by atomic mass is 15.2. The van der Waals surface area contributed by atoms with Gasteiger partial charge in [-0.05, 0) is 50.8 Å². The van der Waals surface area contributed by atoms with Crippen LogP contribution in [0.4, 0.5) is 17.3 Å². The summed E-state index contributed by atoms with van der Waals surface area (Å²) < 4.78 is 0. The van der Waals surface area contributed by atoms with E-state index < -0.39 is 0 Å². The molecule has 0 bridgehead atoms. The topological polar surface area (TPSA) is 41.1 Å². The molecule has 0 spiro atoms. The van der Waals surface area contributed by atoms with Gasteiger partial charge in [0.25, 0.3) is 0 Å². The maximum Gasteiger partial charge on any atom is 0.136 e. The molecule has 0 amide bonds. The predicted molar refractivity (Wildman–Crippen MR) is 96.6 cm³/mol. The second-order valence-electron chi connectivity index (χ2n) is 6.43. The molecule has 4 heteroatoms. The van der Waals surface area contributed by atoms with Crippen molar-refractivity contribution in [3.63, 3.8) is 0 Å². The lowest BCUT2D eigenvalue weighted by Gasteiger charge is -2.22. The van der Waals surface area contributed by atoms with E-state index in [1.165, 1.54) is 36.8 Å². The van der Waals surface area contributed by atoms with E-state index in [0.717, 1.165) is 36.2 Å². The van der Waals surface area contributed by atoms with Crippen LogP contribution in [0.3, 0.4) is 0 Å². The van der Waals surface area contributed by atoms with Crippen molar-refractivity contribution in [2.45, 2.75) is 46.5 Å². The monoisotopic (exact) mass is 310 g/mol. The van der Waals surface area contributed by atoms with Gasteiger partial charge in [-0.1, -0.05) is 25.0 Å². The van der Waals surface area contributed by atoms with Crippen LogP contribution in [0.1, 0.15) is 42.6 Å². The van der Waals surface area contributed by atoms with Gasteiger partial charge in [0.2, 0.25) is 0 Å². The van der Waals surface area contributed by atoms with Crippen LogP contribution in [-0.2, 0) is 0 Å². The molecule has 3 rings (SSSR count). The minimum absolute atomic E-state index is 0.819. The Morgan fingerprint density at radius 1 is 0.957 bits per heavy atom. The van der Waals surface area contributed by atoms with Gasteiger partial charge in [0.1, 0.15) is 17.5 Å². The van der Waals surface area contributed by atoms with Gasteiger partial charge in [-0.15, -0.1) is 0 Å². The molecule has 2 heterocycles. The molecule has 1 aromatic carbocycles. The number of rotatable bonds is 3. The van der Waals surface area contributed by atoms with Crippen LogP contribution in [0, 0.1) is 20.8 Å². The van der Waals surface area contributed by atoms with Gasteiger partial charge in [-0.25, -0.2) is 9.97 Å². The summed E-state index contributed by atoms with van der Waals surface area (Å²) in [5, 5.41) is 3.47. The van der Waals surface area contributed by atoms with Crippen molar-refractivity contribution in [1.29, 1.82) is 0 Å². The second-order valence-corrected chi connectivity index (χ2v) is 6.43. The van der Waals surface area contributed by atoms with E-state index in [1.54, 1.807) is 0 Å². The lowest BCUT2D eigenvalue weighted by Crippen LogP contribution is -2.25. The number of hydrogen-bond acceptors (Lipinski definition) is 4. The van der Waals surface area contributed by atoms with Crippen LogP contribution in [-0.4, -0.2) is 23.1 Å². The zero-order valence-corrected chi connectivity index (χ0v) is 14.4. The fourth-order valence-electron chi connectivity index (χ4n) is 3.10. The van der Waals surface area contributed by atoms with Crippen molar-refractivity contribution in [2.24, 2.45) is 0 Å². The van der Waals surface area contributed by atoms with E-state index >= 15 is 0 Å². The second kappa shape index (κ2) is 6.99. The lowest BCUT2D eigenvalue weighted by atomic mass is 10.1. The van der Waals surface area contributed by atoms with E-state index in [4.69, 9.17) is 0 Å². The molecule has 4 nitrogen and oxygen atoms in total. The minimum Gasteiger partial charge on any atom is -0.356 e. The number of hydrogen-bond donors (Lipinski definition) is 1. The van der Waals surface area contributed by atoms with E-state index in [1.807, 2.05) is 6.92 Å². The van der Waals surface area contributed by atoms with Gasteiger partial charge in [0, 0.05) is 24.8 Å². The normalized spacial score (nSPS) is 15.3. The summed E-state index contributed by atoms with van der Waals surface area (Å²) in [4.78, 5) is 11.6. The van der Waals surface area contributed by atoms with Gasteiger partial charge in [0.15, 0.2) is 0 Å². The molecule has 0 unspecified atom stereocenters. The van der Waals surface area contributed by atoms with E-state index in [2.05, 4.69) is 58.3 Å². The summed E-state index contributed by atoms with van der Waals surface area (Å²) in [5.74, 6) is 2.75. The molecule has 1 saturated heterocycles. The fourth-order valence-corrected chi connectivity index (χ4v) is 3.10. The predicted octanol–water partition coefficient (Wildman–Crippen LogP) is 4.53. The van der Waals surface area contributed by atoms with Gasteiger partial charge >= 0.3 is 0 Å². The molecule has 0 radical (unpaired) electrons. The number of benzene rings is 1. The molecule has 0 atom stereocenters. The van der Waals surface area contributed by atoms with E-state index in [-0.39, 0.29) is 0 Å². The first kappa shape index (κ1) is 15.8. The molecule has 1 aliphatic heterocycles. The number of aryl methyl sites for hydroxylation is 2. The van der Waals surface area contributed by atoms with Crippen molar-refractivity contribution >= 4 is 17.3 Å². The van der Waals surface area contributed by atoms with E-state index in [9.17, 15) is 0 Å². The summed E-state index contributed by atoms with van der Waals surface area (Å²) in [6.07, 6.45) is 5.16. The number of nitrogens with zero attached hydrogens (tertiary/aromatic N) is 3. The van der Waals surface area contributed by atoms with Crippen molar-refractivity contribution in [2.75, 3.05) is 23.3 Å². The first-order chi connectivity index (χ1) is 11.1. The Morgan fingerprint density at radius 2 is 1.70 bits per heavy atom. The highest BCUT2D eigenvalue weighted by molar-refractivity contribution is 5.64. The van der Waals surface area contributed by atoms with E-state index in [0.29, 0.717) is 0 Å². The van der Waals surface area contributed by atoms with Crippen molar-refractivity contribution < 1.29 is 0 Å². The van der Waals surface area contributed by atoms with Crippen LogP contribution in [0.5, 0.6) is 0 Å². The van der Waals surface area contributed by atoms with Crippen LogP contribution in [0.15, 0.2) is 24.3 Å². The largest absolute Gasteiger partial charge is 0.356 e. The molecule has 0 saturated carbocycles. The third-order valence-corrected chi connectivity index (χ3v) is 4.62. The Kier molecular flexibility index (Phi) is 4.79. The SMILES string of the molecule is Cc1nc(Nc2cccc(C)c2C)cc(N2CCCCCC2)n1. The lowest BCUT2D eigenvalue weighted by molar-refractivity contribution is 0.726. The summed E-state index contributed by atoms with van der Waals surface area (Å²) in [5.41, 5.74) is 3.67. The van der Waals surface area contributed by atoms with Gasteiger partial charge < -0.3 is 10.2 Å². The van der Waals surface area contributed by atoms with Gasteiger partial charge in [0.05, 0.1) is 0 Å². The third-order valence-electron chi connectivity index (χ3n) is 4.62. The summed E-state index contributed by atoms with van der Waals surface area (Å²) >= 11 is 0. The molecule has 1 aliphatic rings. The molecular weight excluding hydrogens is 284 g/mol. The third kappa shape index (κ3) is 3.81. The average Bonchev–Trinajstić information content (AvgIpc) is 2.80. The Balaban J connectivity index is 1.86. The smallest absolute Gasteiger partial charge is 0.136 e. The highest BCUT2D eigenvalue weighted by Gasteiger charge is 2.13. The molecule has 122 valence electrons. The van der Waals surface area contributed by atoms with Crippen molar-refractivity contribution in [1.82, 2.24) is 9.97 Å². The molecule has 1 fully saturated rings. The summed E-state index contributed by atoms with van der Waals surface area (Å²) in [6.45, 7) is 8.43. The number of nitrogens with one attached hydrogen (secondary N) is 1. The van der Waals surface area contributed by atoms with Crippen molar-refractivity contribution in [3.05, 3.63) is 41.2 Å². The average molecular weight is 310 g/mol. The van der Waals surface area contributed by atoms with Crippen LogP contribution in [0.25, 0.3) is 0 Å². The van der Waals surface area contributed by atoms with Crippen LogP contribution >= 0.6 is 0 Å².